The first-order valence-electron chi connectivity index (χ1n) is 6.44. The van der Waals surface area contributed by atoms with Crippen LogP contribution in [0.4, 0.5) is 0 Å². The first-order chi connectivity index (χ1) is 7.90. The van der Waals surface area contributed by atoms with Gasteiger partial charge in [-0.15, -0.1) is 6.58 Å². The number of hydrogen-bond donors (Lipinski definition) is 0. The highest BCUT2D eigenvalue weighted by atomic mass is 16.5. The molecule has 2 rings (SSSR count). The van der Waals surface area contributed by atoms with Crippen molar-refractivity contribution >= 4 is 0 Å². The molecule has 2 saturated heterocycles. The van der Waals surface area contributed by atoms with Crippen molar-refractivity contribution in [1.29, 1.82) is 0 Å². The van der Waals surface area contributed by atoms with Crippen LogP contribution in [0.1, 0.15) is 25.7 Å². The van der Waals surface area contributed by atoms with Crippen molar-refractivity contribution in [3.8, 4) is 0 Å². The Kier molecular flexibility index (Phi) is 4.82. The Morgan fingerprint density at radius 1 is 1.31 bits per heavy atom. The highest BCUT2D eigenvalue weighted by molar-refractivity contribution is 4.83. The van der Waals surface area contributed by atoms with Gasteiger partial charge < -0.3 is 9.47 Å². The molecule has 2 unspecified atom stereocenters. The lowest BCUT2D eigenvalue weighted by Crippen LogP contribution is -2.34. The van der Waals surface area contributed by atoms with Crippen LogP contribution in [0.15, 0.2) is 12.7 Å². The van der Waals surface area contributed by atoms with Gasteiger partial charge in [-0.3, -0.25) is 4.90 Å². The summed E-state index contributed by atoms with van der Waals surface area (Å²) >= 11 is 0. The van der Waals surface area contributed by atoms with Gasteiger partial charge in [-0.25, -0.2) is 0 Å². The van der Waals surface area contributed by atoms with E-state index in [9.17, 15) is 0 Å². The molecule has 2 heterocycles. The van der Waals surface area contributed by atoms with Crippen molar-refractivity contribution in [2.24, 2.45) is 0 Å². The molecule has 92 valence electrons. The van der Waals surface area contributed by atoms with Crippen LogP contribution in [0.2, 0.25) is 0 Å². The Morgan fingerprint density at radius 2 is 2.25 bits per heavy atom. The lowest BCUT2D eigenvalue weighted by atomic mass is 10.1. The lowest BCUT2D eigenvalue weighted by molar-refractivity contribution is 0.0726. The average Bonchev–Trinajstić information content (AvgIpc) is 2.60. The Bertz CT molecular complexity index is 212. The monoisotopic (exact) mass is 225 g/mol. The molecule has 0 saturated carbocycles. The molecule has 2 aliphatic heterocycles. The fourth-order valence-electron chi connectivity index (χ4n) is 2.68. The lowest BCUT2D eigenvalue weighted by Gasteiger charge is -2.26. The van der Waals surface area contributed by atoms with Crippen molar-refractivity contribution in [2.45, 2.75) is 37.8 Å². The van der Waals surface area contributed by atoms with Gasteiger partial charge in [-0.1, -0.05) is 6.08 Å². The summed E-state index contributed by atoms with van der Waals surface area (Å²) in [4.78, 5) is 2.59. The van der Waals surface area contributed by atoms with Crippen molar-refractivity contribution in [1.82, 2.24) is 4.90 Å². The van der Waals surface area contributed by atoms with Crippen LogP contribution in [0, 0.1) is 0 Å². The predicted molar refractivity (Wildman–Crippen MR) is 64.6 cm³/mol. The Balaban J connectivity index is 1.75. The number of ether oxygens (including phenoxy) is 2. The van der Waals surface area contributed by atoms with Crippen molar-refractivity contribution < 1.29 is 9.47 Å². The standard InChI is InChI=1S/C13H23NO2/c1-2-8-16-13-5-7-14(11-13)12-4-3-9-15-10-6-12/h2,12-13H,1,3-11H2. The molecule has 2 aliphatic rings. The molecule has 0 amide bonds. The zero-order valence-electron chi connectivity index (χ0n) is 10.1. The molecular weight excluding hydrogens is 202 g/mol. The number of likely N-dealkylation sites (tertiary alicyclic amines) is 1. The molecule has 0 spiro atoms. The van der Waals surface area contributed by atoms with Gasteiger partial charge in [0.05, 0.1) is 12.7 Å². The minimum absolute atomic E-state index is 0.419. The SMILES string of the molecule is C=CCOC1CCN(C2CCCOCC2)C1. The third-order valence-corrected chi connectivity index (χ3v) is 3.56. The van der Waals surface area contributed by atoms with Crippen LogP contribution in [0.5, 0.6) is 0 Å². The first-order valence-corrected chi connectivity index (χ1v) is 6.44. The zero-order chi connectivity index (χ0) is 11.2. The van der Waals surface area contributed by atoms with Crippen molar-refractivity contribution in [2.75, 3.05) is 32.9 Å². The van der Waals surface area contributed by atoms with Crippen LogP contribution in [-0.2, 0) is 9.47 Å². The molecule has 0 radical (unpaired) electrons. The van der Waals surface area contributed by atoms with E-state index in [1.54, 1.807) is 0 Å². The minimum atomic E-state index is 0.419. The highest BCUT2D eigenvalue weighted by Gasteiger charge is 2.28. The van der Waals surface area contributed by atoms with E-state index in [4.69, 9.17) is 9.47 Å². The summed E-state index contributed by atoms with van der Waals surface area (Å²) in [6, 6.07) is 0.722. The second-order valence-corrected chi connectivity index (χ2v) is 4.72. The van der Waals surface area contributed by atoms with E-state index in [1.165, 1.54) is 32.2 Å². The molecule has 0 aromatic rings. The third kappa shape index (κ3) is 3.30. The van der Waals surface area contributed by atoms with Gasteiger partial charge in [0.15, 0.2) is 0 Å². The maximum atomic E-state index is 5.71. The highest BCUT2D eigenvalue weighted by Crippen LogP contribution is 2.21. The van der Waals surface area contributed by atoms with Crippen LogP contribution in [0.25, 0.3) is 0 Å². The van der Waals surface area contributed by atoms with Gasteiger partial charge in [0.1, 0.15) is 0 Å². The summed E-state index contributed by atoms with van der Waals surface area (Å²) in [7, 11) is 0. The average molecular weight is 225 g/mol. The minimum Gasteiger partial charge on any atom is -0.381 e. The first kappa shape index (κ1) is 12.1. The molecule has 0 aliphatic carbocycles. The number of hydrogen-bond acceptors (Lipinski definition) is 3. The van der Waals surface area contributed by atoms with Gasteiger partial charge in [-0.2, -0.15) is 0 Å². The van der Waals surface area contributed by atoms with Crippen molar-refractivity contribution in [3.63, 3.8) is 0 Å². The molecule has 3 heteroatoms. The zero-order valence-corrected chi connectivity index (χ0v) is 10.1. The molecule has 2 atom stereocenters. The summed E-state index contributed by atoms with van der Waals surface area (Å²) in [5.74, 6) is 0. The van der Waals surface area contributed by atoms with Gasteiger partial charge in [0, 0.05) is 32.3 Å². The maximum Gasteiger partial charge on any atom is 0.0718 e. The molecule has 16 heavy (non-hydrogen) atoms. The normalized spacial score (nSPS) is 32.5. The second-order valence-electron chi connectivity index (χ2n) is 4.72. The van der Waals surface area contributed by atoms with Gasteiger partial charge in [-0.05, 0) is 25.7 Å². The van der Waals surface area contributed by atoms with Crippen LogP contribution < -0.4 is 0 Å². The summed E-state index contributed by atoms with van der Waals surface area (Å²) in [6.07, 6.45) is 7.11. The Labute approximate surface area is 98.4 Å². The second kappa shape index (κ2) is 6.38. The molecule has 3 nitrogen and oxygen atoms in total. The fourth-order valence-corrected chi connectivity index (χ4v) is 2.68. The number of rotatable bonds is 4. The summed E-state index contributed by atoms with van der Waals surface area (Å²) in [5, 5.41) is 0. The van der Waals surface area contributed by atoms with E-state index in [1.807, 2.05) is 6.08 Å². The van der Waals surface area contributed by atoms with Crippen molar-refractivity contribution in [3.05, 3.63) is 12.7 Å². The molecular formula is C13H23NO2. The molecule has 0 bridgehead atoms. The van der Waals surface area contributed by atoms with Crippen LogP contribution >= 0.6 is 0 Å². The molecule has 0 aromatic carbocycles. The topological polar surface area (TPSA) is 21.7 Å². The predicted octanol–water partition coefficient (Wildman–Crippen LogP) is 1.83. The van der Waals surface area contributed by atoms with E-state index >= 15 is 0 Å². The van der Waals surface area contributed by atoms with Crippen LogP contribution in [-0.4, -0.2) is 50.0 Å². The summed E-state index contributed by atoms with van der Waals surface area (Å²) in [6.45, 7) is 8.53. The van der Waals surface area contributed by atoms with Crippen LogP contribution in [0.3, 0.4) is 0 Å². The van der Waals surface area contributed by atoms with Gasteiger partial charge in [0.25, 0.3) is 0 Å². The quantitative estimate of drug-likeness (QED) is 0.681. The summed E-state index contributed by atoms with van der Waals surface area (Å²) < 4.78 is 11.2. The van der Waals surface area contributed by atoms with Gasteiger partial charge >= 0.3 is 0 Å². The van der Waals surface area contributed by atoms with E-state index < -0.39 is 0 Å². The largest absolute Gasteiger partial charge is 0.381 e. The third-order valence-electron chi connectivity index (χ3n) is 3.56. The maximum absolute atomic E-state index is 5.71. The fraction of sp³-hybridized carbons (Fsp3) is 0.846. The smallest absolute Gasteiger partial charge is 0.0718 e. The van der Waals surface area contributed by atoms with E-state index in [-0.39, 0.29) is 0 Å². The van der Waals surface area contributed by atoms with E-state index in [0.29, 0.717) is 12.7 Å². The van der Waals surface area contributed by atoms with Gasteiger partial charge in [0.2, 0.25) is 0 Å². The molecule has 2 fully saturated rings. The van der Waals surface area contributed by atoms with E-state index in [0.717, 1.165) is 25.8 Å². The Hall–Kier alpha value is -0.380. The molecule has 0 aromatic heterocycles. The van der Waals surface area contributed by atoms with E-state index in [2.05, 4.69) is 11.5 Å². The summed E-state index contributed by atoms with van der Waals surface area (Å²) in [5.41, 5.74) is 0. The Morgan fingerprint density at radius 3 is 3.12 bits per heavy atom. The molecule has 0 N–H and O–H groups in total. The number of nitrogens with zero attached hydrogens (tertiary/aromatic N) is 1.